The molecular formula is C12H11BrClN3O2. The van der Waals surface area contributed by atoms with E-state index in [0.717, 1.165) is 11.1 Å². The third-order valence-electron chi connectivity index (χ3n) is 2.69. The molecule has 1 aromatic carbocycles. The molecule has 0 aliphatic heterocycles. The van der Waals surface area contributed by atoms with Crippen molar-refractivity contribution >= 4 is 33.2 Å². The number of nitrogens with zero attached hydrogens (tertiary/aromatic N) is 3. The third kappa shape index (κ3) is 3.33. The first-order valence-electron chi connectivity index (χ1n) is 5.56. The minimum absolute atomic E-state index is 0.0613. The molecular weight excluding hydrogens is 334 g/mol. The maximum absolute atomic E-state index is 10.7. The summed E-state index contributed by atoms with van der Waals surface area (Å²) in [6, 6.07) is 4.69. The van der Waals surface area contributed by atoms with Gasteiger partial charge >= 0.3 is 0 Å². The molecule has 0 aliphatic rings. The SMILES string of the molecule is CC(Cl)c1cnn(Cc2ccc([N+](=O)[O-])cc2Br)c1. The number of rotatable bonds is 4. The lowest BCUT2D eigenvalue weighted by Gasteiger charge is -2.04. The van der Waals surface area contributed by atoms with E-state index in [2.05, 4.69) is 21.0 Å². The second-order valence-electron chi connectivity index (χ2n) is 4.12. The average molecular weight is 345 g/mol. The van der Waals surface area contributed by atoms with Gasteiger partial charge in [0.25, 0.3) is 5.69 Å². The average Bonchev–Trinajstić information content (AvgIpc) is 2.80. The Morgan fingerprint density at radius 1 is 1.58 bits per heavy atom. The van der Waals surface area contributed by atoms with Gasteiger partial charge in [-0.3, -0.25) is 14.8 Å². The van der Waals surface area contributed by atoms with E-state index in [1.54, 1.807) is 16.9 Å². The predicted octanol–water partition coefficient (Wildman–Crippen LogP) is 3.90. The van der Waals surface area contributed by atoms with Crippen LogP contribution in [0.2, 0.25) is 0 Å². The van der Waals surface area contributed by atoms with Gasteiger partial charge in [0.15, 0.2) is 0 Å². The van der Waals surface area contributed by atoms with Gasteiger partial charge in [-0.1, -0.05) is 15.9 Å². The van der Waals surface area contributed by atoms with Crippen LogP contribution in [0.4, 0.5) is 5.69 Å². The van der Waals surface area contributed by atoms with Crippen LogP contribution in [0.1, 0.15) is 23.4 Å². The van der Waals surface area contributed by atoms with E-state index in [4.69, 9.17) is 11.6 Å². The standard InChI is InChI=1S/C12H11BrClN3O2/c1-8(14)10-5-15-16(7-10)6-9-2-3-11(17(18)19)4-12(9)13/h2-5,7-8H,6H2,1H3. The number of aromatic nitrogens is 2. The fourth-order valence-electron chi connectivity index (χ4n) is 1.62. The summed E-state index contributed by atoms with van der Waals surface area (Å²) in [6.07, 6.45) is 3.59. The van der Waals surface area contributed by atoms with Gasteiger partial charge in [-0.15, -0.1) is 11.6 Å². The molecule has 7 heteroatoms. The summed E-state index contributed by atoms with van der Waals surface area (Å²) in [5, 5.41) is 14.8. The topological polar surface area (TPSA) is 61.0 Å². The minimum atomic E-state index is -0.421. The third-order valence-corrected chi connectivity index (χ3v) is 3.68. The molecule has 100 valence electrons. The lowest BCUT2D eigenvalue weighted by Crippen LogP contribution is -2.01. The van der Waals surface area contributed by atoms with Crippen molar-refractivity contribution in [2.45, 2.75) is 18.8 Å². The summed E-state index contributed by atoms with van der Waals surface area (Å²) in [7, 11) is 0. The summed E-state index contributed by atoms with van der Waals surface area (Å²) < 4.78 is 2.44. The highest BCUT2D eigenvalue weighted by molar-refractivity contribution is 9.10. The second-order valence-corrected chi connectivity index (χ2v) is 5.63. The van der Waals surface area contributed by atoms with Gasteiger partial charge < -0.3 is 0 Å². The summed E-state index contributed by atoms with van der Waals surface area (Å²) >= 11 is 9.31. The highest BCUT2D eigenvalue weighted by Gasteiger charge is 2.10. The van der Waals surface area contributed by atoms with Crippen LogP contribution in [-0.2, 0) is 6.54 Å². The van der Waals surface area contributed by atoms with Gasteiger partial charge in [-0.2, -0.15) is 5.10 Å². The largest absolute Gasteiger partial charge is 0.270 e. The van der Waals surface area contributed by atoms with Crippen LogP contribution >= 0.6 is 27.5 Å². The van der Waals surface area contributed by atoms with Crippen LogP contribution in [-0.4, -0.2) is 14.7 Å². The van der Waals surface area contributed by atoms with Crippen LogP contribution < -0.4 is 0 Å². The number of nitro groups is 1. The quantitative estimate of drug-likeness (QED) is 0.480. The van der Waals surface area contributed by atoms with Gasteiger partial charge in [0.2, 0.25) is 0 Å². The Kier molecular flexibility index (Phi) is 4.21. The Bertz CT molecular complexity index is 613. The predicted molar refractivity (Wildman–Crippen MR) is 76.4 cm³/mol. The Morgan fingerprint density at radius 3 is 2.84 bits per heavy atom. The fraction of sp³-hybridized carbons (Fsp3) is 0.250. The first kappa shape index (κ1) is 14.0. The normalized spacial score (nSPS) is 12.4. The fourth-order valence-corrected chi connectivity index (χ4v) is 2.23. The van der Waals surface area contributed by atoms with Crippen LogP contribution in [0, 0.1) is 10.1 Å². The van der Waals surface area contributed by atoms with E-state index in [9.17, 15) is 10.1 Å². The smallest absolute Gasteiger partial charge is 0.268 e. The first-order chi connectivity index (χ1) is 8.97. The molecule has 0 bridgehead atoms. The monoisotopic (exact) mass is 343 g/mol. The van der Waals surface area contributed by atoms with E-state index < -0.39 is 4.92 Å². The van der Waals surface area contributed by atoms with Crippen molar-refractivity contribution in [3.63, 3.8) is 0 Å². The van der Waals surface area contributed by atoms with Gasteiger partial charge in [-0.25, -0.2) is 0 Å². The molecule has 0 aliphatic carbocycles. The van der Waals surface area contributed by atoms with E-state index >= 15 is 0 Å². The molecule has 1 atom stereocenters. The molecule has 2 rings (SSSR count). The number of hydrogen-bond donors (Lipinski definition) is 0. The number of non-ortho nitro benzene ring substituents is 1. The highest BCUT2D eigenvalue weighted by atomic mass is 79.9. The molecule has 0 N–H and O–H groups in total. The molecule has 1 unspecified atom stereocenters. The lowest BCUT2D eigenvalue weighted by atomic mass is 10.2. The minimum Gasteiger partial charge on any atom is -0.268 e. The molecule has 19 heavy (non-hydrogen) atoms. The number of halogens is 2. The highest BCUT2D eigenvalue weighted by Crippen LogP contribution is 2.24. The summed E-state index contributed by atoms with van der Waals surface area (Å²) in [5.74, 6) is 0. The molecule has 1 heterocycles. The molecule has 1 aromatic heterocycles. The summed E-state index contributed by atoms with van der Waals surface area (Å²) in [6.45, 7) is 2.41. The summed E-state index contributed by atoms with van der Waals surface area (Å²) in [4.78, 5) is 10.2. The van der Waals surface area contributed by atoms with Crippen molar-refractivity contribution in [3.8, 4) is 0 Å². The first-order valence-corrected chi connectivity index (χ1v) is 6.79. The molecule has 0 saturated heterocycles. The maximum Gasteiger partial charge on any atom is 0.270 e. The summed E-state index contributed by atoms with van der Waals surface area (Å²) in [5.41, 5.74) is 1.92. The van der Waals surface area contributed by atoms with Crippen molar-refractivity contribution in [1.29, 1.82) is 0 Å². The van der Waals surface area contributed by atoms with Crippen molar-refractivity contribution < 1.29 is 4.92 Å². The molecule has 0 amide bonds. The van der Waals surface area contributed by atoms with Crippen molar-refractivity contribution in [2.75, 3.05) is 0 Å². The van der Waals surface area contributed by atoms with E-state index in [1.165, 1.54) is 12.1 Å². The van der Waals surface area contributed by atoms with Crippen molar-refractivity contribution in [3.05, 3.63) is 56.3 Å². The Balaban J connectivity index is 2.20. The Morgan fingerprint density at radius 2 is 2.32 bits per heavy atom. The zero-order chi connectivity index (χ0) is 14.0. The van der Waals surface area contributed by atoms with Crippen LogP contribution in [0.25, 0.3) is 0 Å². The van der Waals surface area contributed by atoms with Crippen LogP contribution in [0.3, 0.4) is 0 Å². The molecule has 0 radical (unpaired) electrons. The van der Waals surface area contributed by atoms with Crippen molar-refractivity contribution in [1.82, 2.24) is 9.78 Å². The molecule has 0 fully saturated rings. The van der Waals surface area contributed by atoms with Gasteiger partial charge in [0, 0.05) is 28.4 Å². The maximum atomic E-state index is 10.7. The Labute approximate surface area is 123 Å². The van der Waals surface area contributed by atoms with Gasteiger partial charge in [0.05, 0.1) is 23.0 Å². The van der Waals surface area contributed by atoms with E-state index in [0.29, 0.717) is 11.0 Å². The zero-order valence-electron chi connectivity index (χ0n) is 10.1. The number of nitro benzene ring substituents is 1. The van der Waals surface area contributed by atoms with Gasteiger partial charge in [0.1, 0.15) is 0 Å². The van der Waals surface area contributed by atoms with Crippen LogP contribution in [0.15, 0.2) is 35.1 Å². The number of alkyl halides is 1. The zero-order valence-corrected chi connectivity index (χ0v) is 12.4. The van der Waals surface area contributed by atoms with E-state index in [1.807, 2.05) is 13.1 Å². The van der Waals surface area contributed by atoms with Crippen LogP contribution in [0.5, 0.6) is 0 Å². The Hall–Kier alpha value is -1.40. The number of hydrogen-bond acceptors (Lipinski definition) is 3. The van der Waals surface area contributed by atoms with Crippen molar-refractivity contribution in [2.24, 2.45) is 0 Å². The number of benzene rings is 1. The molecule has 0 saturated carbocycles. The molecule has 0 spiro atoms. The van der Waals surface area contributed by atoms with E-state index in [-0.39, 0.29) is 11.1 Å². The molecule has 5 nitrogen and oxygen atoms in total. The lowest BCUT2D eigenvalue weighted by molar-refractivity contribution is -0.384. The molecule has 2 aromatic rings. The second kappa shape index (κ2) is 5.71. The van der Waals surface area contributed by atoms with Gasteiger partial charge in [-0.05, 0) is 18.6 Å².